The summed E-state index contributed by atoms with van der Waals surface area (Å²) in [6.07, 6.45) is -0.619. The molecule has 2 aromatic carbocycles. The summed E-state index contributed by atoms with van der Waals surface area (Å²) in [4.78, 5) is 25.3. The normalized spacial score (nSPS) is 11.6. The van der Waals surface area contributed by atoms with Gasteiger partial charge in [0.15, 0.2) is 12.7 Å². The van der Waals surface area contributed by atoms with Crippen molar-refractivity contribution in [2.75, 3.05) is 38.3 Å². The Kier molecular flexibility index (Phi) is 9.15. The standard InChI is InChI=1S/C23H30N2O5/c1-4-25(19-7-5-6-17(2)14-19)13-12-24-22(26)16-30-20-10-8-18(9-11-20)15-21(29-3)23(27)28/h5-11,14,21H,4,12-13,15-16H2,1-3H3,(H,24,26)(H,27,28)/t21-/m0/s1. The lowest BCUT2D eigenvalue weighted by Crippen LogP contribution is -2.37. The zero-order valence-corrected chi connectivity index (χ0v) is 17.8. The molecule has 2 rings (SSSR count). The van der Waals surface area contributed by atoms with Gasteiger partial charge in [0.25, 0.3) is 5.91 Å². The molecule has 0 spiro atoms. The van der Waals surface area contributed by atoms with Crippen LogP contribution in [0.5, 0.6) is 5.75 Å². The molecular formula is C23H30N2O5. The molecule has 0 unspecified atom stereocenters. The van der Waals surface area contributed by atoms with E-state index < -0.39 is 12.1 Å². The van der Waals surface area contributed by atoms with Crippen LogP contribution in [-0.4, -0.2) is 56.4 Å². The van der Waals surface area contributed by atoms with Crippen molar-refractivity contribution in [2.45, 2.75) is 26.4 Å². The van der Waals surface area contributed by atoms with E-state index in [0.29, 0.717) is 18.8 Å². The van der Waals surface area contributed by atoms with Gasteiger partial charge in [0.2, 0.25) is 0 Å². The van der Waals surface area contributed by atoms with Crippen molar-refractivity contribution in [2.24, 2.45) is 0 Å². The molecule has 1 atom stereocenters. The molecule has 0 fully saturated rings. The number of benzene rings is 2. The van der Waals surface area contributed by atoms with E-state index >= 15 is 0 Å². The second-order valence-electron chi connectivity index (χ2n) is 6.97. The van der Waals surface area contributed by atoms with Gasteiger partial charge in [-0.25, -0.2) is 4.79 Å². The van der Waals surface area contributed by atoms with Crippen molar-refractivity contribution < 1.29 is 24.2 Å². The van der Waals surface area contributed by atoms with Crippen LogP contribution in [0.4, 0.5) is 5.69 Å². The second kappa shape index (κ2) is 11.8. The number of aryl methyl sites for hydroxylation is 1. The molecule has 0 bridgehead atoms. The summed E-state index contributed by atoms with van der Waals surface area (Å²) in [6, 6.07) is 15.3. The summed E-state index contributed by atoms with van der Waals surface area (Å²) in [7, 11) is 1.37. The maximum Gasteiger partial charge on any atom is 0.333 e. The monoisotopic (exact) mass is 414 g/mol. The Morgan fingerprint density at radius 3 is 2.50 bits per heavy atom. The molecule has 0 saturated heterocycles. The van der Waals surface area contributed by atoms with Crippen molar-refractivity contribution in [3.8, 4) is 5.75 Å². The van der Waals surface area contributed by atoms with Crippen LogP contribution in [0.3, 0.4) is 0 Å². The number of carboxylic acid groups (broad SMARTS) is 1. The number of rotatable bonds is 12. The van der Waals surface area contributed by atoms with E-state index in [4.69, 9.17) is 14.6 Å². The van der Waals surface area contributed by atoms with Gasteiger partial charge in [-0.15, -0.1) is 0 Å². The van der Waals surface area contributed by atoms with E-state index in [9.17, 15) is 9.59 Å². The molecule has 0 saturated carbocycles. The summed E-state index contributed by atoms with van der Waals surface area (Å²) >= 11 is 0. The molecule has 0 heterocycles. The van der Waals surface area contributed by atoms with Gasteiger partial charge >= 0.3 is 5.97 Å². The third-order valence-corrected chi connectivity index (χ3v) is 4.73. The highest BCUT2D eigenvalue weighted by Crippen LogP contribution is 2.15. The average molecular weight is 415 g/mol. The third-order valence-electron chi connectivity index (χ3n) is 4.73. The molecule has 30 heavy (non-hydrogen) atoms. The van der Waals surface area contributed by atoms with E-state index in [1.54, 1.807) is 24.3 Å². The molecular weight excluding hydrogens is 384 g/mol. The van der Waals surface area contributed by atoms with Gasteiger partial charge in [0.05, 0.1) is 0 Å². The van der Waals surface area contributed by atoms with E-state index in [-0.39, 0.29) is 18.9 Å². The predicted octanol–water partition coefficient (Wildman–Crippen LogP) is 2.66. The second-order valence-corrected chi connectivity index (χ2v) is 6.97. The van der Waals surface area contributed by atoms with Crippen LogP contribution in [0.1, 0.15) is 18.1 Å². The SMILES string of the molecule is CCN(CCNC(=O)COc1ccc(C[C@H](OC)C(=O)O)cc1)c1cccc(C)c1. The first kappa shape index (κ1) is 23.2. The minimum Gasteiger partial charge on any atom is -0.484 e. The zero-order chi connectivity index (χ0) is 21.9. The summed E-state index contributed by atoms with van der Waals surface area (Å²) in [5.74, 6) is -0.642. The minimum absolute atomic E-state index is 0.0776. The van der Waals surface area contributed by atoms with Crippen LogP contribution in [-0.2, 0) is 20.7 Å². The number of anilines is 1. The lowest BCUT2D eigenvalue weighted by Gasteiger charge is -2.23. The van der Waals surface area contributed by atoms with Gasteiger partial charge in [0, 0.05) is 38.9 Å². The van der Waals surface area contributed by atoms with Gasteiger partial charge in [-0.3, -0.25) is 4.79 Å². The smallest absolute Gasteiger partial charge is 0.333 e. The number of methoxy groups -OCH3 is 1. The first-order valence-electron chi connectivity index (χ1n) is 9.98. The van der Waals surface area contributed by atoms with Crippen LogP contribution < -0.4 is 15.0 Å². The van der Waals surface area contributed by atoms with Crippen LogP contribution in [0.2, 0.25) is 0 Å². The summed E-state index contributed by atoms with van der Waals surface area (Å²) < 4.78 is 10.4. The number of carbonyl (C=O) groups excluding carboxylic acids is 1. The lowest BCUT2D eigenvalue weighted by atomic mass is 10.1. The number of nitrogens with one attached hydrogen (secondary N) is 1. The molecule has 0 aliphatic carbocycles. The van der Waals surface area contributed by atoms with Gasteiger partial charge in [-0.1, -0.05) is 24.3 Å². The highest BCUT2D eigenvalue weighted by atomic mass is 16.5. The number of likely N-dealkylation sites (N-methyl/N-ethyl adjacent to an activating group) is 1. The summed E-state index contributed by atoms with van der Waals surface area (Å²) in [5.41, 5.74) is 3.16. The first-order valence-corrected chi connectivity index (χ1v) is 9.98. The van der Waals surface area contributed by atoms with Crippen molar-refractivity contribution in [3.63, 3.8) is 0 Å². The van der Waals surface area contributed by atoms with E-state index in [1.165, 1.54) is 12.7 Å². The predicted molar refractivity (Wildman–Crippen MR) is 116 cm³/mol. The molecule has 7 nitrogen and oxygen atoms in total. The van der Waals surface area contributed by atoms with Crippen molar-refractivity contribution in [1.29, 1.82) is 0 Å². The largest absolute Gasteiger partial charge is 0.484 e. The fourth-order valence-electron chi connectivity index (χ4n) is 3.03. The number of ether oxygens (including phenoxy) is 2. The maximum atomic E-state index is 12.1. The number of hydrogen-bond acceptors (Lipinski definition) is 5. The Morgan fingerprint density at radius 1 is 1.17 bits per heavy atom. The van der Waals surface area contributed by atoms with Crippen LogP contribution in [0, 0.1) is 6.92 Å². The quantitative estimate of drug-likeness (QED) is 0.555. The molecule has 2 aromatic rings. The van der Waals surface area contributed by atoms with Gasteiger partial charge in [-0.2, -0.15) is 0 Å². The van der Waals surface area contributed by atoms with Crippen LogP contribution in [0.15, 0.2) is 48.5 Å². The van der Waals surface area contributed by atoms with E-state index in [2.05, 4.69) is 42.3 Å². The number of nitrogens with zero attached hydrogens (tertiary/aromatic N) is 1. The fraction of sp³-hybridized carbons (Fsp3) is 0.391. The van der Waals surface area contributed by atoms with E-state index in [0.717, 1.165) is 17.8 Å². The summed E-state index contributed by atoms with van der Waals surface area (Å²) in [6.45, 7) is 6.16. The minimum atomic E-state index is -1.00. The third kappa shape index (κ3) is 7.40. The molecule has 162 valence electrons. The van der Waals surface area contributed by atoms with Crippen molar-refractivity contribution in [1.82, 2.24) is 5.32 Å². The van der Waals surface area contributed by atoms with Crippen molar-refractivity contribution >= 4 is 17.6 Å². The van der Waals surface area contributed by atoms with E-state index in [1.807, 2.05) is 6.07 Å². The molecule has 0 aliphatic heterocycles. The topological polar surface area (TPSA) is 88.1 Å². The molecule has 0 radical (unpaired) electrons. The Bertz CT molecular complexity index is 823. The zero-order valence-electron chi connectivity index (χ0n) is 17.8. The molecule has 7 heteroatoms. The average Bonchev–Trinajstić information content (AvgIpc) is 2.74. The number of carbonyl (C=O) groups is 2. The maximum absolute atomic E-state index is 12.1. The number of aliphatic carboxylic acids is 1. The molecule has 1 amide bonds. The first-order chi connectivity index (χ1) is 14.4. The number of hydrogen-bond donors (Lipinski definition) is 2. The van der Waals surface area contributed by atoms with Gasteiger partial charge in [-0.05, 0) is 49.2 Å². The summed E-state index contributed by atoms with van der Waals surface area (Å²) in [5, 5.41) is 11.9. The number of carboxylic acids is 1. The lowest BCUT2D eigenvalue weighted by molar-refractivity contribution is -0.148. The van der Waals surface area contributed by atoms with Gasteiger partial charge < -0.3 is 24.8 Å². The molecule has 0 aromatic heterocycles. The number of amides is 1. The Morgan fingerprint density at radius 2 is 1.90 bits per heavy atom. The highest BCUT2D eigenvalue weighted by Gasteiger charge is 2.16. The van der Waals surface area contributed by atoms with Gasteiger partial charge in [0.1, 0.15) is 5.75 Å². The molecule has 0 aliphatic rings. The van der Waals surface area contributed by atoms with Crippen LogP contribution in [0.25, 0.3) is 0 Å². The highest BCUT2D eigenvalue weighted by molar-refractivity contribution is 5.77. The fourth-order valence-corrected chi connectivity index (χ4v) is 3.03. The Balaban J connectivity index is 1.74. The Labute approximate surface area is 177 Å². The van der Waals surface area contributed by atoms with Crippen molar-refractivity contribution in [3.05, 3.63) is 59.7 Å². The molecule has 2 N–H and O–H groups in total. The Hall–Kier alpha value is -3.06. The van der Waals surface area contributed by atoms with Crippen LogP contribution >= 0.6 is 0 Å².